The van der Waals surface area contributed by atoms with Gasteiger partial charge in [0.2, 0.25) is 0 Å². The van der Waals surface area contributed by atoms with Crippen molar-refractivity contribution >= 4 is 0 Å². The Balaban J connectivity index is 2.01. The van der Waals surface area contributed by atoms with Crippen molar-refractivity contribution in [2.45, 2.75) is 77.3 Å². The Morgan fingerprint density at radius 1 is 1.33 bits per heavy atom. The normalized spacial score (nSPS) is 45.4. The molecule has 3 aliphatic rings. The predicted octanol–water partition coefficient (Wildman–Crippen LogP) is 5.36. The summed E-state index contributed by atoms with van der Waals surface area (Å²) in [4.78, 5) is 4.63. The maximum Gasteiger partial charge on any atom is 0.287 e. The van der Waals surface area contributed by atoms with Crippen LogP contribution < -0.4 is 5.32 Å². The largest absolute Gasteiger partial charge is 0.315 e. The van der Waals surface area contributed by atoms with Gasteiger partial charge < -0.3 is 5.32 Å². The number of nitrogens with zero attached hydrogens (tertiary/aromatic N) is 1. The first-order chi connectivity index (χ1) is 11.3. The maximum absolute atomic E-state index is 6.12. The van der Waals surface area contributed by atoms with Gasteiger partial charge in [0.1, 0.15) is 0 Å². The lowest BCUT2D eigenvalue weighted by Gasteiger charge is -2.57. The van der Waals surface area contributed by atoms with Gasteiger partial charge in [0.15, 0.2) is 0 Å². The number of allylic oxidation sites excluding steroid dienone is 1. The fraction of sp³-hybridized carbons (Fsp3) is 0.864. The second-order valence-corrected chi connectivity index (χ2v) is 9.78. The monoisotopic (exact) mass is 329 g/mol. The number of hydrogen-bond donors (Lipinski definition) is 1. The van der Waals surface area contributed by atoms with Gasteiger partial charge in [-0.15, -0.1) is 0 Å². The zero-order valence-corrected chi connectivity index (χ0v) is 16.4. The summed E-state index contributed by atoms with van der Waals surface area (Å²) in [5.41, 5.74) is 1.67. The lowest BCUT2D eigenvalue weighted by molar-refractivity contribution is -0.0555. The van der Waals surface area contributed by atoms with Crippen LogP contribution in [0.4, 0.5) is 0 Å². The van der Waals surface area contributed by atoms with E-state index in [1.807, 2.05) is 0 Å². The summed E-state index contributed by atoms with van der Waals surface area (Å²) in [6.45, 7) is 20.2. The third-order valence-electron chi connectivity index (χ3n) is 8.13. The van der Waals surface area contributed by atoms with Crippen LogP contribution >= 0.6 is 0 Å². The van der Waals surface area contributed by atoms with Crippen LogP contribution in [0, 0.1) is 42.1 Å². The van der Waals surface area contributed by atoms with Gasteiger partial charge in [0.25, 0.3) is 12.1 Å². The van der Waals surface area contributed by atoms with Crippen LogP contribution in [-0.2, 0) is 0 Å². The topological polar surface area (TPSA) is 16.4 Å². The molecule has 2 heteroatoms. The molecule has 0 aromatic carbocycles. The molecular formula is C22H37N2+. The Morgan fingerprint density at radius 3 is 2.67 bits per heavy atom. The first-order valence-corrected chi connectivity index (χ1v) is 10.0. The molecule has 3 rings (SSSR count). The minimum absolute atomic E-state index is 0.00545. The quantitative estimate of drug-likeness (QED) is 0.689. The molecule has 2 nitrogen and oxygen atoms in total. The SMILES string of the molecule is C#[N+]C12CCC(=C)C3C(CC(C)(C)NC)CC(C)C(CCC1C)C32. The van der Waals surface area contributed by atoms with E-state index in [4.69, 9.17) is 6.57 Å². The molecule has 7 atom stereocenters. The minimum atomic E-state index is 0.00545. The van der Waals surface area contributed by atoms with E-state index in [-0.39, 0.29) is 11.1 Å². The molecule has 0 heterocycles. The van der Waals surface area contributed by atoms with Crippen molar-refractivity contribution < 1.29 is 0 Å². The van der Waals surface area contributed by atoms with E-state index in [0.717, 1.165) is 24.7 Å². The summed E-state index contributed by atoms with van der Waals surface area (Å²) in [5, 5.41) is 3.52. The van der Waals surface area contributed by atoms with E-state index < -0.39 is 0 Å². The Morgan fingerprint density at radius 2 is 2.04 bits per heavy atom. The number of nitrogens with one attached hydrogen (secondary N) is 1. The van der Waals surface area contributed by atoms with E-state index in [0.29, 0.717) is 23.7 Å². The van der Waals surface area contributed by atoms with Gasteiger partial charge in [-0.1, -0.05) is 30.8 Å². The summed E-state index contributed by atoms with van der Waals surface area (Å²) < 4.78 is 0. The highest BCUT2D eigenvalue weighted by Crippen LogP contribution is 2.62. The van der Waals surface area contributed by atoms with Crippen molar-refractivity contribution in [3.05, 3.63) is 17.0 Å². The second kappa shape index (κ2) is 6.17. The maximum atomic E-state index is 6.12. The third kappa shape index (κ3) is 2.64. The predicted molar refractivity (Wildman–Crippen MR) is 103 cm³/mol. The summed E-state index contributed by atoms with van der Waals surface area (Å²) in [5.74, 6) is 4.12. The first kappa shape index (κ1) is 18.0. The highest BCUT2D eigenvalue weighted by molar-refractivity contribution is 5.26. The molecule has 0 aromatic rings. The van der Waals surface area contributed by atoms with Crippen LogP contribution in [0.5, 0.6) is 0 Å². The first-order valence-electron chi connectivity index (χ1n) is 10.0. The minimum Gasteiger partial charge on any atom is -0.315 e. The Labute approximate surface area is 149 Å². The van der Waals surface area contributed by atoms with Crippen LogP contribution in [-0.4, -0.2) is 18.1 Å². The van der Waals surface area contributed by atoms with E-state index >= 15 is 0 Å². The average Bonchev–Trinajstić information content (AvgIpc) is 2.54. The van der Waals surface area contributed by atoms with Crippen molar-refractivity contribution in [1.29, 1.82) is 0 Å². The Bertz CT molecular complexity index is 543. The van der Waals surface area contributed by atoms with Gasteiger partial charge in [-0.3, -0.25) is 0 Å². The molecule has 1 N–H and O–H groups in total. The van der Waals surface area contributed by atoms with Crippen molar-refractivity contribution in [3.8, 4) is 6.57 Å². The van der Waals surface area contributed by atoms with Gasteiger partial charge in [-0.05, 0) is 76.7 Å². The molecule has 3 aliphatic carbocycles. The molecule has 0 spiro atoms. The number of rotatable bonds is 3. The molecule has 0 radical (unpaired) electrons. The van der Waals surface area contributed by atoms with Crippen molar-refractivity contribution in [2.24, 2.45) is 35.5 Å². The van der Waals surface area contributed by atoms with Crippen LogP contribution in [0.15, 0.2) is 12.2 Å². The zero-order chi connectivity index (χ0) is 17.7. The third-order valence-corrected chi connectivity index (χ3v) is 8.13. The highest BCUT2D eigenvalue weighted by atomic mass is 14.9. The lowest BCUT2D eigenvalue weighted by Crippen LogP contribution is -2.59. The molecule has 3 fully saturated rings. The van der Waals surface area contributed by atoms with Crippen LogP contribution in [0.1, 0.15) is 66.2 Å². The van der Waals surface area contributed by atoms with E-state index in [1.165, 1.54) is 31.3 Å². The van der Waals surface area contributed by atoms with Gasteiger partial charge in [-0.2, -0.15) is 0 Å². The van der Waals surface area contributed by atoms with E-state index in [2.05, 4.69) is 51.5 Å². The number of hydrogen-bond acceptors (Lipinski definition) is 1. The van der Waals surface area contributed by atoms with Crippen molar-refractivity contribution in [3.63, 3.8) is 0 Å². The van der Waals surface area contributed by atoms with Crippen LogP contribution in [0.2, 0.25) is 0 Å². The molecule has 134 valence electrons. The molecule has 0 saturated heterocycles. The lowest BCUT2D eigenvalue weighted by atomic mass is 9.45. The summed E-state index contributed by atoms with van der Waals surface area (Å²) >= 11 is 0. The summed E-state index contributed by atoms with van der Waals surface area (Å²) in [6.07, 6.45) is 7.44. The molecule has 0 amide bonds. The Kier molecular flexibility index (Phi) is 4.63. The van der Waals surface area contributed by atoms with E-state index in [1.54, 1.807) is 0 Å². The Hall–Kier alpha value is -0.810. The summed E-state index contributed by atoms with van der Waals surface area (Å²) in [6, 6.07) is 0. The summed E-state index contributed by atoms with van der Waals surface area (Å²) in [7, 11) is 2.09. The fourth-order valence-corrected chi connectivity index (χ4v) is 6.65. The zero-order valence-electron chi connectivity index (χ0n) is 16.4. The molecule has 24 heavy (non-hydrogen) atoms. The second-order valence-electron chi connectivity index (χ2n) is 9.78. The van der Waals surface area contributed by atoms with Gasteiger partial charge in [0.05, 0.1) is 5.92 Å². The van der Waals surface area contributed by atoms with Crippen LogP contribution in [0.3, 0.4) is 0 Å². The van der Waals surface area contributed by atoms with Crippen LogP contribution in [0.25, 0.3) is 4.85 Å². The molecule has 3 saturated carbocycles. The van der Waals surface area contributed by atoms with Crippen molar-refractivity contribution in [2.75, 3.05) is 7.05 Å². The molecule has 0 aliphatic heterocycles. The van der Waals surface area contributed by atoms with Gasteiger partial charge in [0, 0.05) is 17.9 Å². The molecule has 0 bridgehead atoms. The van der Waals surface area contributed by atoms with Crippen molar-refractivity contribution in [1.82, 2.24) is 5.32 Å². The molecule has 0 aromatic heterocycles. The standard InChI is InChI=1S/C22H37N2/c1-14-10-11-22(24-7)16(3)8-9-18-15(2)12-17(19(14)20(18)22)13-21(4,5)23-6/h7,15-20,23H,1,8-13H2,2-6H3/q+1. The highest BCUT2D eigenvalue weighted by Gasteiger charge is 2.66. The van der Waals surface area contributed by atoms with Gasteiger partial charge in [-0.25, -0.2) is 0 Å². The smallest absolute Gasteiger partial charge is 0.287 e. The molecular weight excluding hydrogens is 292 g/mol. The fourth-order valence-electron chi connectivity index (χ4n) is 6.65. The average molecular weight is 330 g/mol. The van der Waals surface area contributed by atoms with Gasteiger partial charge >= 0.3 is 0 Å². The van der Waals surface area contributed by atoms with E-state index in [9.17, 15) is 0 Å². The molecule has 7 unspecified atom stereocenters.